The van der Waals surface area contributed by atoms with E-state index in [9.17, 15) is 0 Å². The molecule has 2 heterocycles. The van der Waals surface area contributed by atoms with E-state index in [0.29, 0.717) is 16.6 Å². The molecule has 0 amide bonds. The van der Waals surface area contributed by atoms with E-state index >= 15 is 0 Å². The Bertz CT molecular complexity index is 413. The molecule has 0 aliphatic rings. The third kappa shape index (κ3) is 1.01. The molecule has 0 saturated heterocycles. The molecule has 1 N–H and O–H groups in total. The van der Waals surface area contributed by atoms with Gasteiger partial charge in [0.2, 0.25) is 0 Å². The van der Waals surface area contributed by atoms with Crippen LogP contribution in [0.25, 0.3) is 5.78 Å². The normalized spacial score (nSPS) is 10.8. The van der Waals surface area contributed by atoms with E-state index in [0.717, 1.165) is 0 Å². The van der Waals surface area contributed by atoms with Gasteiger partial charge in [0.05, 0.1) is 0 Å². The van der Waals surface area contributed by atoms with E-state index in [1.165, 1.54) is 4.52 Å². The average molecular weight is 181 g/mol. The lowest BCUT2D eigenvalue weighted by Crippen LogP contribution is -1.92. The summed E-state index contributed by atoms with van der Waals surface area (Å²) in [6.07, 6.45) is 1.56. The van der Waals surface area contributed by atoms with Gasteiger partial charge in [-0.15, -0.1) is 5.10 Å². The summed E-state index contributed by atoms with van der Waals surface area (Å²) < 4.78 is 1.42. The lowest BCUT2D eigenvalue weighted by atomic mass is 10.7. The maximum absolute atomic E-state index is 8.73. The minimum Gasteiger partial charge on any atom is -0.388 e. The zero-order valence-corrected chi connectivity index (χ0v) is 6.82. The largest absolute Gasteiger partial charge is 0.388 e. The Morgan fingerprint density at radius 3 is 3.08 bits per heavy atom. The second-order valence-corrected chi connectivity index (χ2v) is 2.60. The van der Waals surface area contributed by atoms with Crippen molar-refractivity contribution < 1.29 is 5.11 Å². The number of aliphatic hydroxyl groups excluding tert-OH is 1. The fourth-order valence-corrected chi connectivity index (χ4v) is 1.07. The van der Waals surface area contributed by atoms with Crippen LogP contribution in [0.2, 0.25) is 0 Å². The number of aliphatic hydroxyl groups is 1. The summed E-state index contributed by atoms with van der Waals surface area (Å²) in [5.41, 5.74) is 0. The molecule has 0 saturated carbocycles. The maximum atomic E-state index is 8.73. The zero-order valence-electron chi connectivity index (χ0n) is 6.01. The monoisotopic (exact) mass is 181 g/mol. The van der Waals surface area contributed by atoms with Crippen molar-refractivity contribution in [1.29, 1.82) is 0 Å². The Morgan fingerprint density at radius 1 is 1.58 bits per heavy atom. The van der Waals surface area contributed by atoms with E-state index in [-0.39, 0.29) is 6.61 Å². The van der Waals surface area contributed by atoms with Crippen molar-refractivity contribution in [2.75, 3.05) is 0 Å². The molecule has 0 aromatic carbocycles. The molecule has 12 heavy (non-hydrogen) atoms. The highest BCUT2D eigenvalue weighted by molar-refractivity contribution is 7.80. The number of aromatic nitrogens is 4. The minimum absolute atomic E-state index is 0.196. The first-order chi connectivity index (χ1) is 5.81. The summed E-state index contributed by atoms with van der Waals surface area (Å²) in [5.74, 6) is 0.756. The van der Waals surface area contributed by atoms with Crippen molar-refractivity contribution in [3.05, 3.63) is 18.1 Å². The van der Waals surface area contributed by atoms with Crippen LogP contribution in [0.4, 0.5) is 0 Å². The van der Waals surface area contributed by atoms with Crippen LogP contribution >= 0.6 is 12.6 Å². The van der Waals surface area contributed by atoms with Gasteiger partial charge < -0.3 is 5.11 Å². The molecule has 1 radical (unpaired) electrons. The fourth-order valence-electron chi connectivity index (χ4n) is 0.882. The van der Waals surface area contributed by atoms with Crippen molar-refractivity contribution in [2.24, 2.45) is 0 Å². The Hall–Kier alpha value is -1.27. The highest BCUT2D eigenvalue weighted by atomic mass is 32.1. The molecule has 0 fully saturated rings. The van der Waals surface area contributed by atoms with Gasteiger partial charge in [0.15, 0.2) is 5.82 Å². The van der Waals surface area contributed by atoms with Crippen LogP contribution in [0.3, 0.4) is 0 Å². The highest BCUT2D eigenvalue weighted by Gasteiger charge is 2.04. The lowest BCUT2D eigenvalue weighted by Gasteiger charge is -1.90. The summed E-state index contributed by atoms with van der Waals surface area (Å²) in [7, 11) is 0. The van der Waals surface area contributed by atoms with Gasteiger partial charge in [-0.3, -0.25) is 0 Å². The number of hydrogen-bond acceptors (Lipinski definition) is 4. The first-order valence-corrected chi connectivity index (χ1v) is 3.70. The molecule has 2 rings (SSSR count). The molecule has 2 aromatic rings. The standard InChI is InChI=1S/C6H5N4OS/c11-3-4-8-6-7-2-1-5(12)10(6)9-4/h1-2,11H,3H2. The van der Waals surface area contributed by atoms with Crippen LogP contribution in [-0.4, -0.2) is 24.7 Å². The van der Waals surface area contributed by atoms with Gasteiger partial charge in [0, 0.05) is 6.20 Å². The van der Waals surface area contributed by atoms with Crippen molar-refractivity contribution >= 4 is 18.4 Å². The summed E-state index contributed by atoms with van der Waals surface area (Å²) >= 11 is 4.95. The predicted molar refractivity (Wildman–Crippen MR) is 42.6 cm³/mol. The Labute approximate surface area is 73.5 Å². The van der Waals surface area contributed by atoms with E-state index in [1.54, 1.807) is 12.3 Å². The van der Waals surface area contributed by atoms with E-state index in [1.807, 2.05) is 0 Å². The molecule has 0 atom stereocenters. The lowest BCUT2D eigenvalue weighted by molar-refractivity contribution is 0.271. The van der Waals surface area contributed by atoms with Crippen LogP contribution in [-0.2, 0) is 6.61 Å². The van der Waals surface area contributed by atoms with E-state index < -0.39 is 0 Å². The molecular formula is C6H5N4OS. The summed E-state index contributed by atoms with van der Waals surface area (Å²) in [4.78, 5) is 7.84. The summed E-state index contributed by atoms with van der Waals surface area (Å²) in [5, 5.41) is 13.2. The van der Waals surface area contributed by atoms with Crippen LogP contribution in [0.1, 0.15) is 5.82 Å². The second kappa shape index (κ2) is 2.65. The van der Waals surface area contributed by atoms with Crippen molar-refractivity contribution in [3.63, 3.8) is 0 Å². The zero-order chi connectivity index (χ0) is 8.55. The fraction of sp³-hybridized carbons (Fsp3) is 0.167. The molecule has 61 valence electrons. The van der Waals surface area contributed by atoms with E-state index in [2.05, 4.69) is 15.1 Å². The molecule has 0 unspecified atom stereocenters. The van der Waals surface area contributed by atoms with Crippen LogP contribution in [0.15, 0.2) is 17.3 Å². The van der Waals surface area contributed by atoms with Crippen molar-refractivity contribution in [3.8, 4) is 0 Å². The number of fused-ring (bicyclic) bond motifs is 1. The van der Waals surface area contributed by atoms with E-state index in [4.69, 9.17) is 17.7 Å². The molecule has 6 heteroatoms. The van der Waals surface area contributed by atoms with Crippen LogP contribution < -0.4 is 0 Å². The van der Waals surface area contributed by atoms with Gasteiger partial charge in [-0.25, -0.2) is 4.98 Å². The Morgan fingerprint density at radius 2 is 2.42 bits per heavy atom. The molecule has 2 aromatic heterocycles. The number of nitrogens with zero attached hydrogens (tertiary/aromatic N) is 4. The second-order valence-electron chi connectivity index (χ2n) is 2.18. The molecule has 0 aliphatic heterocycles. The smallest absolute Gasteiger partial charge is 0.253 e. The van der Waals surface area contributed by atoms with Crippen LogP contribution in [0, 0.1) is 0 Å². The van der Waals surface area contributed by atoms with Crippen LogP contribution in [0.5, 0.6) is 0 Å². The minimum atomic E-state index is -0.196. The summed E-state index contributed by atoms with van der Waals surface area (Å²) in [6, 6.07) is 1.65. The third-order valence-corrected chi connectivity index (χ3v) is 1.70. The Balaban J connectivity index is 2.74. The predicted octanol–water partition coefficient (Wildman–Crippen LogP) is 0.173. The first kappa shape index (κ1) is 7.38. The van der Waals surface area contributed by atoms with Gasteiger partial charge in [-0.1, -0.05) is 12.6 Å². The van der Waals surface area contributed by atoms with Crippen molar-refractivity contribution in [2.45, 2.75) is 11.6 Å². The van der Waals surface area contributed by atoms with Gasteiger partial charge >= 0.3 is 0 Å². The van der Waals surface area contributed by atoms with Gasteiger partial charge in [0.1, 0.15) is 11.6 Å². The molecule has 0 spiro atoms. The first-order valence-electron chi connectivity index (χ1n) is 3.30. The van der Waals surface area contributed by atoms with Gasteiger partial charge in [-0.05, 0) is 6.07 Å². The van der Waals surface area contributed by atoms with Crippen molar-refractivity contribution in [1.82, 2.24) is 19.6 Å². The molecule has 0 bridgehead atoms. The van der Waals surface area contributed by atoms with Gasteiger partial charge in [0.25, 0.3) is 5.78 Å². The topological polar surface area (TPSA) is 63.3 Å². The maximum Gasteiger partial charge on any atom is 0.253 e. The molecule has 0 aliphatic carbocycles. The number of rotatable bonds is 1. The summed E-state index contributed by atoms with van der Waals surface area (Å²) in [6.45, 7) is -0.196. The Kier molecular flexibility index (Phi) is 1.63. The third-order valence-electron chi connectivity index (χ3n) is 1.39. The SMILES string of the molecule is OCc1nc2nccc([S])n2n1. The van der Waals surface area contributed by atoms with Gasteiger partial charge in [-0.2, -0.15) is 9.50 Å². The average Bonchev–Trinajstić information content (AvgIpc) is 2.49. The highest BCUT2D eigenvalue weighted by Crippen LogP contribution is 2.05. The molecule has 5 nitrogen and oxygen atoms in total. The molecular weight excluding hydrogens is 176 g/mol. The number of hydrogen-bond donors (Lipinski definition) is 1. The quantitative estimate of drug-likeness (QED) is 0.637.